The first-order valence-electron chi connectivity index (χ1n) is 6.81. The van der Waals surface area contributed by atoms with Crippen molar-refractivity contribution in [2.24, 2.45) is 0 Å². The molecule has 1 N–H and O–H groups in total. The second-order valence-corrected chi connectivity index (χ2v) is 4.91. The average molecular weight is 259 g/mol. The van der Waals surface area contributed by atoms with Crippen LogP contribution in [0.5, 0.6) is 0 Å². The first kappa shape index (κ1) is 12.5. The van der Waals surface area contributed by atoms with Crippen molar-refractivity contribution < 1.29 is 0 Å². The zero-order valence-electron chi connectivity index (χ0n) is 11.5. The van der Waals surface area contributed by atoms with Crippen molar-refractivity contribution in [1.82, 2.24) is 0 Å². The zero-order valence-corrected chi connectivity index (χ0v) is 11.5. The van der Waals surface area contributed by atoms with E-state index in [9.17, 15) is 0 Å². The van der Waals surface area contributed by atoms with E-state index >= 15 is 0 Å². The summed E-state index contributed by atoms with van der Waals surface area (Å²) in [6, 6.07) is 27.3. The molecule has 1 heteroatoms. The van der Waals surface area contributed by atoms with Crippen molar-refractivity contribution in [2.75, 3.05) is 5.32 Å². The highest BCUT2D eigenvalue weighted by atomic mass is 14.9. The molecule has 0 aromatic heterocycles. The highest BCUT2D eigenvalue weighted by molar-refractivity contribution is 5.80. The van der Waals surface area contributed by atoms with E-state index in [0.717, 1.165) is 11.4 Å². The summed E-state index contributed by atoms with van der Waals surface area (Å²) in [6.07, 6.45) is 0. The fourth-order valence-electron chi connectivity index (χ4n) is 2.34. The Hall–Kier alpha value is -2.54. The van der Waals surface area contributed by atoms with E-state index in [-0.39, 0.29) is 0 Å². The second kappa shape index (κ2) is 5.62. The van der Waals surface area contributed by atoms with Gasteiger partial charge in [0.25, 0.3) is 0 Å². The second-order valence-electron chi connectivity index (χ2n) is 4.91. The van der Waals surface area contributed by atoms with Gasteiger partial charge < -0.3 is 5.32 Å². The van der Waals surface area contributed by atoms with Gasteiger partial charge in [-0.25, -0.2) is 0 Å². The quantitative estimate of drug-likeness (QED) is 0.663. The first-order valence-corrected chi connectivity index (χ1v) is 6.81. The molecule has 0 unspecified atom stereocenters. The van der Waals surface area contributed by atoms with E-state index < -0.39 is 0 Å². The normalized spacial score (nSPS) is 10.2. The SMILES string of the molecule is Cc1cccc(Nc2ccccc2-c2ccccc2)c1. The lowest BCUT2D eigenvalue weighted by Gasteiger charge is -2.12. The summed E-state index contributed by atoms with van der Waals surface area (Å²) >= 11 is 0. The number of benzene rings is 3. The van der Waals surface area contributed by atoms with Crippen molar-refractivity contribution in [3.63, 3.8) is 0 Å². The van der Waals surface area contributed by atoms with Crippen molar-refractivity contribution in [2.45, 2.75) is 6.92 Å². The minimum atomic E-state index is 1.12. The van der Waals surface area contributed by atoms with E-state index in [0.29, 0.717) is 0 Å². The number of nitrogens with one attached hydrogen (secondary N) is 1. The monoisotopic (exact) mass is 259 g/mol. The van der Waals surface area contributed by atoms with Gasteiger partial charge in [-0.05, 0) is 36.2 Å². The van der Waals surface area contributed by atoms with Crippen LogP contribution in [-0.2, 0) is 0 Å². The Morgan fingerprint density at radius 1 is 0.700 bits per heavy atom. The van der Waals surface area contributed by atoms with Gasteiger partial charge in [-0.15, -0.1) is 0 Å². The average Bonchev–Trinajstić information content (AvgIpc) is 2.49. The van der Waals surface area contributed by atoms with Crippen LogP contribution in [0, 0.1) is 6.92 Å². The molecule has 0 saturated heterocycles. The van der Waals surface area contributed by atoms with Gasteiger partial charge in [-0.3, -0.25) is 0 Å². The molecule has 0 heterocycles. The molecule has 98 valence electrons. The van der Waals surface area contributed by atoms with Crippen LogP contribution in [0.25, 0.3) is 11.1 Å². The van der Waals surface area contributed by atoms with Crippen molar-refractivity contribution in [1.29, 1.82) is 0 Å². The van der Waals surface area contributed by atoms with Crippen LogP contribution in [0.2, 0.25) is 0 Å². The van der Waals surface area contributed by atoms with Gasteiger partial charge in [0.15, 0.2) is 0 Å². The molecule has 0 spiro atoms. The minimum absolute atomic E-state index is 1.12. The Kier molecular flexibility index (Phi) is 3.51. The lowest BCUT2D eigenvalue weighted by Crippen LogP contribution is -1.93. The predicted octanol–water partition coefficient (Wildman–Crippen LogP) is 5.41. The summed E-state index contributed by atoms with van der Waals surface area (Å²) in [6.45, 7) is 2.11. The Morgan fingerprint density at radius 3 is 2.25 bits per heavy atom. The maximum atomic E-state index is 3.51. The molecule has 0 fully saturated rings. The molecule has 3 aromatic carbocycles. The van der Waals surface area contributed by atoms with Gasteiger partial charge in [0.1, 0.15) is 0 Å². The molecule has 0 radical (unpaired) electrons. The van der Waals surface area contributed by atoms with E-state index in [4.69, 9.17) is 0 Å². The third-order valence-electron chi connectivity index (χ3n) is 3.31. The third kappa shape index (κ3) is 2.72. The van der Waals surface area contributed by atoms with E-state index in [2.05, 4.69) is 85.0 Å². The number of anilines is 2. The van der Waals surface area contributed by atoms with E-state index in [1.165, 1.54) is 16.7 Å². The van der Waals surface area contributed by atoms with Crippen LogP contribution in [0.3, 0.4) is 0 Å². The fourth-order valence-corrected chi connectivity index (χ4v) is 2.34. The Labute approximate surface area is 119 Å². The van der Waals surface area contributed by atoms with Gasteiger partial charge >= 0.3 is 0 Å². The van der Waals surface area contributed by atoms with Gasteiger partial charge in [0.05, 0.1) is 0 Å². The largest absolute Gasteiger partial charge is 0.355 e. The maximum Gasteiger partial charge on any atom is 0.0463 e. The van der Waals surface area contributed by atoms with Crippen molar-refractivity contribution >= 4 is 11.4 Å². The van der Waals surface area contributed by atoms with Crippen LogP contribution >= 0.6 is 0 Å². The molecule has 0 amide bonds. The summed E-state index contributed by atoms with van der Waals surface area (Å²) in [7, 11) is 0. The van der Waals surface area contributed by atoms with Crippen LogP contribution in [-0.4, -0.2) is 0 Å². The Balaban J connectivity index is 1.99. The van der Waals surface area contributed by atoms with Gasteiger partial charge in [-0.1, -0.05) is 60.7 Å². The maximum absolute atomic E-state index is 3.51. The third-order valence-corrected chi connectivity index (χ3v) is 3.31. The fraction of sp³-hybridized carbons (Fsp3) is 0.0526. The molecule has 3 aromatic rings. The molecule has 0 bridgehead atoms. The Morgan fingerprint density at radius 2 is 1.45 bits per heavy atom. The van der Waals surface area contributed by atoms with E-state index in [1.54, 1.807) is 0 Å². The molecular formula is C19H17N. The van der Waals surface area contributed by atoms with Crippen LogP contribution < -0.4 is 5.32 Å². The molecule has 0 aliphatic rings. The van der Waals surface area contributed by atoms with E-state index in [1.807, 2.05) is 6.07 Å². The lowest BCUT2D eigenvalue weighted by molar-refractivity contribution is 1.45. The molecular weight excluding hydrogens is 242 g/mol. The highest BCUT2D eigenvalue weighted by Gasteiger charge is 2.04. The molecule has 3 rings (SSSR count). The zero-order chi connectivity index (χ0) is 13.8. The van der Waals surface area contributed by atoms with Gasteiger partial charge in [0, 0.05) is 16.9 Å². The standard InChI is InChI=1S/C19H17N/c1-15-8-7-11-17(14-15)20-19-13-6-5-12-18(19)16-9-3-2-4-10-16/h2-14,20H,1H3. The molecule has 0 atom stereocenters. The molecule has 0 aliphatic heterocycles. The number of hydrogen-bond acceptors (Lipinski definition) is 1. The highest BCUT2D eigenvalue weighted by Crippen LogP contribution is 2.30. The molecule has 1 nitrogen and oxygen atoms in total. The summed E-state index contributed by atoms with van der Waals surface area (Å²) in [5, 5.41) is 3.51. The van der Waals surface area contributed by atoms with Gasteiger partial charge in [0.2, 0.25) is 0 Å². The Bertz CT molecular complexity index is 702. The number of para-hydroxylation sites is 1. The lowest BCUT2D eigenvalue weighted by atomic mass is 10.0. The first-order chi connectivity index (χ1) is 9.83. The smallest absolute Gasteiger partial charge is 0.0463 e. The molecule has 20 heavy (non-hydrogen) atoms. The summed E-state index contributed by atoms with van der Waals surface area (Å²) < 4.78 is 0. The summed E-state index contributed by atoms with van der Waals surface area (Å²) in [4.78, 5) is 0. The minimum Gasteiger partial charge on any atom is -0.355 e. The number of aryl methyl sites for hydroxylation is 1. The van der Waals surface area contributed by atoms with Crippen molar-refractivity contribution in [3.05, 3.63) is 84.4 Å². The van der Waals surface area contributed by atoms with Crippen LogP contribution in [0.15, 0.2) is 78.9 Å². The van der Waals surface area contributed by atoms with Gasteiger partial charge in [-0.2, -0.15) is 0 Å². The van der Waals surface area contributed by atoms with Crippen LogP contribution in [0.4, 0.5) is 11.4 Å². The molecule has 0 saturated carbocycles. The summed E-state index contributed by atoms with van der Waals surface area (Å²) in [5.41, 5.74) is 5.95. The van der Waals surface area contributed by atoms with Crippen molar-refractivity contribution in [3.8, 4) is 11.1 Å². The number of rotatable bonds is 3. The number of hydrogen-bond donors (Lipinski definition) is 1. The van der Waals surface area contributed by atoms with Crippen LogP contribution in [0.1, 0.15) is 5.56 Å². The molecule has 0 aliphatic carbocycles. The predicted molar refractivity (Wildman–Crippen MR) is 86.3 cm³/mol. The topological polar surface area (TPSA) is 12.0 Å². The summed E-state index contributed by atoms with van der Waals surface area (Å²) in [5.74, 6) is 0.